The maximum Gasteiger partial charge on any atom is 0.289 e. The van der Waals surface area contributed by atoms with E-state index in [1.165, 1.54) is 17.0 Å². The van der Waals surface area contributed by atoms with Crippen LogP contribution in [0.3, 0.4) is 0 Å². The van der Waals surface area contributed by atoms with Crippen molar-refractivity contribution < 1.29 is 9.18 Å². The number of rotatable bonds is 4. The predicted molar refractivity (Wildman–Crippen MR) is 101 cm³/mol. The molecule has 0 spiro atoms. The number of carbonyl (C=O) groups is 1. The Morgan fingerprint density at radius 3 is 2.69 bits per heavy atom. The van der Waals surface area contributed by atoms with Gasteiger partial charge in [0.1, 0.15) is 11.6 Å². The van der Waals surface area contributed by atoms with Gasteiger partial charge < -0.3 is 10.2 Å². The standard InChI is InChI=1S/C19H19FN4OS/c1-12-16-15(11-26-12)22-17(23-18(16)24-8-2-3-9-24)19(25)21-10-13-4-6-14(20)7-5-13/h4-7,11H,2-3,8-10H2,1H3,(H,21,25). The number of anilines is 1. The molecule has 134 valence electrons. The number of aromatic nitrogens is 2. The number of fused-ring (bicyclic) bond motifs is 1. The van der Waals surface area contributed by atoms with E-state index in [1.54, 1.807) is 23.5 Å². The number of nitrogens with one attached hydrogen (secondary N) is 1. The number of carbonyl (C=O) groups excluding carboxylic acids is 1. The Kier molecular flexibility index (Phi) is 4.55. The lowest BCUT2D eigenvalue weighted by Gasteiger charge is -2.18. The van der Waals surface area contributed by atoms with Crippen LogP contribution < -0.4 is 10.2 Å². The van der Waals surface area contributed by atoms with Crippen molar-refractivity contribution >= 4 is 34.0 Å². The Balaban J connectivity index is 1.61. The number of amides is 1. The van der Waals surface area contributed by atoms with Gasteiger partial charge in [0.05, 0.1) is 10.9 Å². The number of thiophene rings is 1. The molecule has 4 rings (SSSR count). The number of benzene rings is 1. The van der Waals surface area contributed by atoms with Crippen LogP contribution >= 0.6 is 11.3 Å². The number of hydrogen-bond donors (Lipinski definition) is 1. The highest BCUT2D eigenvalue weighted by atomic mass is 32.1. The zero-order chi connectivity index (χ0) is 18.1. The van der Waals surface area contributed by atoms with Crippen molar-refractivity contribution in [3.63, 3.8) is 0 Å². The summed E-state index contributed by atoms with van der Waals surface area (Å²) in [6.07, 6.45) is 2.28. The summed E-state index contributed by atoms with van der Waals surface area (Å²) in [5.41, 5.74) is 1.64. The summed E-state index contributed by atoms with van der Waals surface area (Å²) in [7, 11) is 0. The summed E-state index contributed by atoms with van der Waals surface area (Å²) in [5, 5.41) is 5.85. The second-order valence-corrected chi connectivity index (χ2v) is 7.51. The maximum absolute atomic E-state index is 13.0. The summed E-state index contributed by atoms with van der Waals surface area (Å²) in [5.74, 6) is 0.426. The van der Waals surface area contributed by atoms with E-state index < -0.39 is 0 Å². The van der Waals surface area contributed by atoms with Gasteiger partial charge in [-0.25, -0.2) is 14.4 Å². The number of aryl methyl sites for hydroxylation is 1. The molecular formula is C19H19FN4OS. The fourth-order valence-electron chi connectivity index (χ4n) is 3.21. The Morgan fingerprint density at radius 2 is 1.96 bits per heavy atom. The Morgan fingerprint density at radius 1 is 1.23 bits per heavy atom. The zero-order valence-corrected chi connectivity index (χ0v) is 15.3. The largest absolute Gasteiger partial charge is 0.356 e. The van der Waals surface area contributed by atoms with Gasteiger partial charge in [0.15, 0.2) is 0 Å². The highest BCUT2D eigenvalue weighted by molar-refractivity contribution is 7.11. The van der Waals surface area contributed by atoms with Gasteiger partial charge in [0, 0.05) is 29.9 Å². The molecule has 1 saturated heterocycles. The molecule has 0 saturated carbocycles. The molecule has 1 aromatic carbocycles. The average molecular weight is 370 g/mol. The van der Waals surface area contributed by atoms with Gasteiger partial charge in [0.2, 0.25) is 5.82 Å². The SMILES string of the molecule is Cc1scc2nc(C(=O)NCc3ccc(F)cc3)nc(N3CCCC3)c12. The van der Waals surface area contributed by atoms with Gasteiger partial charge in [-0.1, -0.05) is 12.1 Å². The van der Waals surface area contributed by atoms with E-state index in [-0.39, 0.29) is 17.5 Å². The smallest absolute Gasteiger partial charge is 0.289 e. The first kappa shape index (κ1) is 16.9. The predicted octanol–water partition coefficient (Wildman–Crippen LogP) is 3.67. The second-order valence-electron chi connectivity index (χ2n) is 6.43. The third kappa shape index (κ3) is 3.26. The van der Waals surface area contributed by atoms with Gasteiger partial charge in [-0.3, -0.25) is 4.79 Å². The number of nitrogens with zero attached hydrogens (tertiary/aromatic N) is 3. The first-order chi connectivity index (χ1) is 12.6. The molecule has 1 aliphatic rings. The summed E-state index contributed by atoms with van der Waals surface area (Å²) in [6.45, 7) is 4.28. The quantitative estimate of drug-likeness (QED) is 0.761. The lowest BCUT2D eigenvalue weighted by Crippen LogP contribution is -2.27. The van der Waals surface area contributed by atoms with Crippen LogP contribution in [-0.2, 0) is 6.54 Å². The van der Waals surface area contributed by atoms with E-state index in [1.807, 2.05) is 5.38 Å². The van der Waals surface area contributed by atoms with Gasteiger partial charge in [-0.05, 0) is 37.5 Å². The minimum absolute atomic E-state index is 0.180. The normalized spacial score (nSPS) is 14.2. The van der Waals surface area contributed by atoms with Crippen molar-refractivity contribution in [3.05, 3.63) is 51.7 Å². The number of halogens is 1. The molecule has 1 amide bonds. The summed E-state index contributed by atoms with van der Waals surface area (Å²) < 4.78 is 13.0. The van der Waals surface area contributed by atoms with Crippen molar-refractivity contribution in [2.24, 2.45) is 0 Å². The molecular weight excluding hydrogens is 351 g/mol. The summed E-state index contributed by atoms with van der Waals surface area (Å²) >= 11 is 1.63. The molecule has 3 aromatic rings. The van der Waals surface area contributed by atoms with Gasteiger partial charge in [-0.2, -0.15) is 0 Å². The van der Waals surface area contributed by atoms with Crippen LogP contribution in [0.1, 0.15) is 33.9 Å². The number of hydrogen-bond acceptors (Lipinski definition) is 5. The van der Waals surface area contributed by atoms with Crippen molar-refractivity contribution in [2.75, 3.05) is 18.0 Å². The molecule has 1 aliphatic heterocycles. The summed E-state index contributed by atoms with van der Waals surface area (Å²) in [6, 6.07) is 6.06. The van der Waals surface area contributed by atoms with E-state index in [0.29, 0.717) is 6.54 Å². The van der Waals surface area contributed by atoms with E-state index >= 15 is 0 Å². The topological polar surface area (TPSA) is 58.1 Å². The molecule has 0 aliphatic carbocycles. The van der Waals surface area contributed by atoms with E-state index in [0.717, 1.165) is 48.2 Å². The molecule has 1 fully saturated rings. The third-order valence-corrected chi connectivity index (χ3v) is 5.49. The summed E-state index contributed by atoms with van der Waals surface area (Å²) in [4.78, 5) is 25.0. The minimum Gasteiger partial charge on any atom is -0.356 e. The van der Waals surface area contributed by atoms with Crippen LogP contribution in [0.2, 0.25) is 0 Å². The van der Waals surface area contributed by atoms with Crippen molar-refractivity contribution in [2.45, 2.75) is 26.3 Å². The highest BCUT2D eigenvalue weighted by Gasteiger charge is 2.22. The van der Waals surface area contributed by atoms with Gasteiger partial charge >= 0.3 is 0 Å². The average Bonchev–Trinajstić information content (AvgIpc) is 3.31. The van der Waals surface area contributed by atoms with Crippen LogP contribution in [0, 0.1) is 12.7 Å². The van der Waals surface area contributed by atoms with Crippen LogP contribution in [0.15, 0.2) is 29.6 Å². The van der Waals surface area contributed by atoms with Crippen LogP contribution in [0.5, 0.6) is 0 Å². The molecule has 0 bridgehead atoms. The van der Waals surface area contributed by atoms with Crippen LogP contribution in [0.25, 0.3) is 10.9 Å². The molecule has 26 heavy (non-hydrogen) atoms. The maximum atomic E-state index is 13.0. The molecule has 7 heteroatoms. The fourth-order valence-corrected chi connectivity index (χ4v) is 3.99. The monoisotopic (exact) mass is 370 g/mol. The first-order valence-corrected chi connectivity index (χ1v) is 9.53. The van der Waals surface area contributed by atoms with Crippen molar-refractivity contribution in [1.82, 2.24) is 15.3 Å². The fraction of sp³-hybridized carbons (Fsp3) is 0.316. The Labute approximate surface area is 154 Å². The lowest BCUT2D eigenvalue weighted by molar-refractivity contribution is 0.0941. The second kappa shape index (κ2) is 6.99. The Hall–Kier alpha value is -2.54. The van der Waals surface area contributed by atoms with Gasteiger partial charge in [-0.15, -0.1) is 11.3 Å². The molecule has 0 radical (unpaired) electrons. The molecule has 3 heterocycles. The zero-order valence-electron chi connectivity index (χ0n) is 14.5. The van der Waals surface area contributed by atoms with E-state index in [2.05, 4.69) is 27.1 Å². The van der Waals surface area contributed by atoms with Crippen molar-refractivity contribution in [3.8, 4) is 0 Å². The van der Waals surface area contributed by atoms with Crippen LogP contribution in [-0.4, -0.2) is 29.0 Å². The highest BCUT2D eigenvalue weighted by Crippen LogP contribution is 2.33. The van der Waals surface area contributed by atoms with Gasteiger partial charge in [0.25, 0.3) is 5.91 Å². The molecule has 5 nitrogen and oxygen atoms in total. The minimum atomic E-state index is -0.319. The molecule has 0 atom stereocenters. The van der Waals surface area contributed by atoms with E-state index in [9.17, 15) is 9.18 Å². The molecule has 0 unspecified atom stereocenters. The van der Waals surface area contributed by atoms with Crippen molar-refractivity contribution in [1.29, 1.82) is 0 Å². The third-order valence-electron chi connectivity index (χ3n) is 4.59. The molecule has 2 aromatic heterocycles. The molecule has 1 N–H and O–H groups in total. The first-order valence-electron chi connectivity index (χ1n) is 8.65. The van der Waals surface area contributed by atoms with Crippen LogP contribution in [0.4, 0.5) is 10.2 Å². The lowest BCUT2D eigenvalue weighted by atomic mass is 10.2. The van der Waals surface area contributed by atoms with E-state index in [4.69, 9.17) is 0 Å². The Bertz CT molecular complexity index is 948.